The smallest absolute Gasteiger partial charge is 0.521 e. The number of carbonyl (C=O) groups is 4. The maximum absolute atomic E-state index is 13.1. The van der Waals surface area contributed by atoms with Crippen molar-refractivity contribution in [3.05, 3.63) is 95.1 Å². The number of carboxylic acid groups (broad SMARTS) is 2. The zero-order chi connectivity index (χ0) is 45.5. The van der Waals surface area contributed by atoms with Gasteiger partial charge in [0.2, 0.25) is 0 Å². The van der Waals surface area contributed by atoms with Crippen molar-refractivity contribution in [3.63, 3.8) is 0 Å². The van der Waals surface area contributed by atoms with Gasteiger partial charge in [0.05, 0.1) is 5.36 Å². The number of pyridine rings is 1. The van der Waals surface area contributed by atoms with Crippen LogP contribution in [-0.4, -0.2) is 81.5 Å². The number of fused-ring (bicyclic) bond motifs is 2. The number of benzene rings is 3. The fraction of sp³-hybridized carbons (Fsp3) is 0.317. The minimum atomic E-state index is -5.19. The Kier molecular flexibility index (Phi) is 18.2. The summed E-state index contributed by atoms with van der Waals surface area (Å²) in [5, 5.41) is 24.4. The fourth-order valence-electron chi connectivity index (χ4n) is 5.38. The van der Waals surface area contributed by atoms with Crippen LogP contribution < -0.4 is 36.3 Å². The quantitative estimate of drug-likeness (QED) is 0.0881. The predicted molar refractivity (Wildman–Crippen MR) is 211 cm³/mol. The molecule has 2 heterocycles. The van der Waals surface area contributed by atoms with Crippen LogP contribution in [-0.2, 0) is 9.59 Å². The summed E-state index contributed by atoms with van der Waals surface area (Å²) in [7, 11) is 3.51. The highest BCUT2D eigenvalue weighted by molar-refractivity contribution is 6.09. The van der Waals surface area contributed by atoms with Gasteiger partial charge in [-0.15, -0.1) is 4.57 Å². The number of aryl methyl sites for hydroxylation is 2. The zero-order valence-corrected chi connectivity index (χ0v) is 33.8. The van der Waals surface area contributed by atoms with E-state index in [4.69, 9.17) is 30.0 Å². The maximum atomic E-state index is 13.1. The summed E-state index contributed by atoms with van der Waals surface area (Å²) < 4.78 is 74.5. The Morgan fingerprint density at radius 1 is 0.900 bits per heavy atom. The number of anilines is 2. The van der Waals surface area contributed by atoms with Crippen LogP contribution >= 0.6 is 0 Å². The minimum absolute atomic E-state index is 0.140. The molecule has 1 amide bonds. The van der Waals surface area contributed by atoms with E-state index in [1.165, 1.54) is 12.1 Å². The largest absolute Gasteiger partial charge is 0.542 e. The number of halogens is 6. The molecule has 0 spiro atoms. The normalized spacial score (nSPS) is 11.3. The van der Waals surface area contributed by atoms with Gasteiger partial charge in [0, 0.05) is 105 Å². The lowest BCUT2D eigenvalue weighted by Crippen LogP contribution is -2.50. The SMILES string of the molecule is CC(=O)O.CCN=c1cc2oc3cc(NCC)c(C)cc3c(-c3ccccc3C(=O)NCCN)c-2cc1C.CN(C)c1cc[n+](C(=O)C(F)(F)F)cc1.O=C([O-])C(F)(F)F. The number of alkyl halides is 6. The number of nitrogens with one attached hydrogen (secondary N) is 2. The molecule has 0 fully saturated rings. The molecule has 0 saturated heterocycles. The highest BCUT2D eigenvalue weighted by atomic mass is 19.4. The molecule has 13 nitrogen and oxygen atoms in total. The average Bonchev–Trinajstić information content (AvgIpc) is 3.16. The van der Waals surface area contributed by atoms with Crippen molar-refractivity contribution >= 4 is 46.1 Å². The van der Waals surface area contributed by atoms with E-state index < -0.39 is 30.2 Å². The lowest BCUT2D eigenvalue weighted by Gasteiger charge is -2.20. The predicted octanol–water partition coefficient (Wildman–Crippen LogP) is 5.49. The Morgan fingerprint density at radius 3 is 1.98 bits per heavy atom. The summed E-state index contributed by atoms with van der Waals surface area (Å²) in [5.41, 5.74) is 13.7. The van der Waals surface area contributed by atoms with Crippen LogP contribution in [0.2, 0.25) is 0 Å². The highest BCUT2D eigenvalue weighted by Gasteiger charge is 2.47. The maximum Gasteiger partial charge on any atom is 0.521 e. The summed E-state index contributed by atoms with van der Waals surface area (Å²) in [5.74, 6) is -5.14. The molecule has 19 heteroatoms. The van der Waals surface area contributed by atoms with Crippen LogP contribution in [0.3, 0.4) is 0 Å². The molecule has 0 radical (unpaired) electrons. The number of aliphatic carboxylic acids is 2. The van der Waals surface area contributed by atoms with Crippen molar-refractivity contribution in [1.29, 1.82) is 0 Å². The highest BCUT2D eigenvalue weighted by Crippen LogP contribution is 2.43. The molecule has 324 valence electrons. The van der Waals surface area contributed by atoms with Crippen molar-refractivity contribution < 1.29 is 64.7 Å². The Morgan fingerprint density at radius 2 is 1.48 bits per heavy atom. The van der Waals surface area contributed by atoms with Crippen molar-refractivity contribution in [1.82, 2.24) is 5.32 Å². The Labute approximate surface area is 341 Å². The molecule has 3 aromatic rings. The second-order valence-electron chi connectivity index (χ2n) is 12.8. The van der Waals surface area contributed by atoms with Gasteiger partial charge in [-0.2, -0.15) is 26.3 Å². The van der Waals surface area contributed by atoms with Gasteiger partial charge in [0.25, 0.3) is 11.9 Å². The first-order valence-corrected chi connectivity index (χ1v) is 18.1. The first-order chi connectivity index (χ1) is 28.0. The van der Waals surface area contributed by atoms with Crippen LogP contribution in [0.4, 0.5) is 37.7 Å². The molecule has 2 aliphatic rings. The summed E-state index contributed by atoms with van der Waals surface area (Å²) in [6.45, 7) is 11.6. The number of aromatic nitrogens is 1. The number of nitrogens with zero attached hydrogens (tertiary/aromatic N) is 3. The Hall–Kier alpha value is -6.50. The van der Waals surface area contributed by atoms with Gasteiger partial charge in [0.15, 0.2) is 12.4 Å². The lowest BCUT2D eigenvalue weighted by atomic mass is 9.89. The Bertz CT molecular complexity index is 2300. The van der Waals surface area contributed by atoms with Gasteiger partial charge in [-0.05, 0) is 62.6 Å². The van der Waals surface area contributed by atoms with Crippen LogP contribution in [0, 0.1) is 13.8 Å². The summed E-state index contributed by atoms with van der Waals surface area (Å²) in [6.07, 6.45) is -7.86. The molecule has 0 saturated carbocycles. The molecule has 60 heavy (non-hydrogen) atoms. The Balaban J connectivity index is 0.000000391. The summed E-state index contributed by atoms with van der Waals surface area (Å²) >= 11 is 0. The number of hydrogen-bond acceptors (Lipinski definition) is 10. The number of carboxylic acids is 2. The molecule has 5 N–H and O–H groups in total. The number of nitrogens with two attached hydrogens (primary N) is 1. The van der Waals surface area contributed by atoms with E-state index in [0.717, 1.165) is 87.1 Å². The number of rotatable bonds is 8. The van der Waals surface area contributed by atoms with Gasteiger partial charge >= 0.3 is 18.3 Å². The van der Waals surface area contributed by atoms with Crippen molar-refractivity contribution in [2.24, 2.45) is 10.7 Å². The number of hydrogen-bond donors (Lipinski definition) is 4. The molecule has 0 atom stereocenters. The first kappa shape index (κ1) is 49.6. The fourth-order valence-corrected chi connectivity index (χ4v) is 5.38. The van der Waals surface area contributed by atoms with E-state index in [2.05, 4.69) is 48.5 Å². The topological polar surface area (TPSA) is 194 Å². The molecule has 5 rings (SSSR count). The second-order valence-corrected chi connectivity index (χ2v) is 12.8. The molecule has 0 unspecified atom stereocenters. The van der Waals surface area contributed by atoms with Gasteiger partial charge in [-0.25, -0.2) is 4.79 Å². The monoisotopic (exact) mass is 848 g/mol. The zero-order valence-electron chi connectivity index (χ0n) is 33.8. The van der Waals surface area contributed by atoms with Crippen LogP contribution in [0.25, 0.3) is 33.4 Å². The van der Waals surface area contributed by atoms with Crippen molar-refractivity contribution in [2.45, 2.75) is 47.0 Å². The van der Waals surface area contributed by atoms with Crippen LogP contribution in [0.1, 0.15) is 47.1 Å². The lowest BCUT2D eigenvalue weighted by molar-refractivity contribution is -0.586. The number of carbonyl (C=O) groups excluding carboxylic acids is 3. The number of amides is 1. The minimum Gasteiger partial charge on any atom is -0.542 e. The molecule has 2 aromatic carbocycles. The van der Waals surface area contributed by atoms with Crippen molar-refractivity contribution in [3.8, 4) is 22.5 Å². The van der Waals surface area contributed by atoms with Gasteiger partial charge < -0.3 is 40.7 Å². The van der Waals surface area contributed by atoms with E-state index in [0.29, 0.717) is 29.8 Å². The first-order valence-electron chi connectivity index (χ1n) is 18.1. The van der Waals surface area contributed by atoms with E-state index >= 15 is 0 Å². The van der Waals surface area contributed by atoms with E-state index in [1.54, 1.807) is 19.0 Å². The van der Waals surface area contributed by atoms with E-state index in [1.807, 2.05) is 43.3 Å². The third-order valence-corrected chi connectivity index (χ3v) is 7.99. The van der Waals surface area contributed by atoms with Crippen LogP contribution in [0.15, 0.2) is 82.5 Å². The summed E-state index contributed by atoms with van der Waals surface area (Å²) in [4.78, 5) is 48.0. The average molecular weight is 849 g/mol. The molecule has 0 bridgehead atoms. The standard InChI is InChI=1S/C28H32N4O2.C9H10F3N2O.C2HF3O2.C2H4O2/c1-5-30-23-15-25-21(13-17(23)3)27(19-9-7-8-10-20(19)28(33)32-12-11-29)22-14-18(4)24(31-6-2)16-26(22)34-25;1-13(2)7-3-5-14(6-4-7)8(15)9(10,11)12;3-2(4,5)1(6)7;1-2(3)4/h7-10,13-16,30H,5-6,11-12,29H2,1-4H3,(H,32,33);3-6H,1-2H3;(H,6,7);1H3,(H,3,4)/q;+1;;/p-1. The summed E-state index contributed by atoms with van der Waals surface area (Å²) in [6, 6.07) is 18.9. The molecular weight excluding hydrogens is 802 g/mol. The van der Waals surface area contributed by atoms with E-state index in [-0.39, 0.29) is 5.91 Å². The van der Waals surface area contributed by atoms with Gasteiger partial charge in [-0.1, -0.05) is 18.2 Å². The van der Waals surface area contributed by atoms with Crippen molar-refractivity contribution in [2.75, 3.05) is 50.5 Å². The van der Waals surface area contributed by atoms with Gasteiger partial charge in [-0.3, -0.25) is 14.6 Å². The third-order valence-electron chi connectivity index (χ3n) is 7.99. The van der Waals surface area contributed by atoms with E-state index in [9.17, 15) is 35.9 Å². The molecule has 1 aliphatic heterocycles. The molecule has 1 aliphatic carbocycles. The van der Waals surface area contributed by atoms with Crippen LogP contribution in [0.5, 0.6) is 0 Å². The van der Waals surface area contributed by atoms with Gasteiger partial charge in [0.1, 0.15) is 17.3 Å². The molecular formula is C41H46F6N6O7. The second kappa shape index (κ2) is 22.0. The third kappa shape index (κ3) is 14.1. The molecule has 1 aromatic heterocycles.